The van der Waals surface area contributed by atoms with E-state index in [2.05, 4.69) is 79.3 Å². The minimum absolute atomic E-state index is 0.0550. The summed E-state index contributed by atoms with van der Waals surface area (Å²) in [5, 5.41) is 28.0. The van der Waals surface area contributed by atoms with Crippen molar-refractivity contribution in [3.05, 3.63) is 156 Å². The van der Waals surface area contributed by atoms with Crippen molar-refractivity contribution in [3.8, 4) is 45.8 Å². The van der Waals surface area contributed by atoms with Crippen LogP contribution in [0.15, 0.2) is 122 Å². The van der Waals surface area contributed by atoms with Crippen molar-refractivity contribution in [2.24, 2.45) is 0 Å². The van der Waals surface area contributed by atoms with Gasteiger partial charge in [0.05, 0.1) is 90.8 Å². The number of halogens is 5. The number of fused-ring (bicyclic) bond motifs is 1. The van der Waals surface area contributed by atoms with E-state index in [9.17, 15) is 17.6 Å². The van der Waals surface area contributed by atoms with E-state index in [1.165, 1.54) is 24.8 Å². The van der Waals surface area contributed by atoms with Crippen LogP contribution in [-0.4, -0.2) is 88.5 Å². The summed E-state index contributed by atoms with van der Waals surface area (Å²) in [7, 11) is 3.29. The van der Waals surface area contributed by atoms with Gasteiger partial charge in [-0.15, -0.1) is 0 Å². The lowest BCUT2D eigenvalue weighted by Crippen LogP contribution is -2.23. The molecule has 0 bridgehead atoms. The van der Waals surface area contributed by atoms with E-state index in [0.29, 0.717) is 87.7 Å². The number of hydrogen-bond acceptors (Lipinski definition) is 15. The Balaban J connectivity index is 0.000000209. The Kier molecular flexibility index (Phi) is 22.0. The van der Waals surface area contributed by atoms with Gasteiger partial charge in [-0.05, 0) is 127 Å². The molecule has 0 aliphatic rings. The van der Waals surface area contributed by atoms with Crippen LogP contribution >= 0.6 is 15.9 Å². The third-order valence-electron chi connectivity index (χ3n) is 12.5. The van der Waals surface area contributed by atoms with Gasteiger partial charge in [-0.3, -0.25) is 4.68 Å². The zero-order valence-electron chi connectivity index (χ0n) is 48.0. The highest BCUT2D eigenvalue weighted by molar-refractivity contribution is 9.08. The highest BCUT2D eigenvalue weighted by Gasteiger charge is 2.25. The minimum atomic E-state index is -2.72. The summed E-state index contributed by atoms with van der Waals surface area (Å²) in [5.41, 5.74) is 12.4. The van der Waals surface area contributed by atoms with E-state index in [1.54, 1.807) is 33.5 Å². The molecule has 0 amide bonds. The van der Waals surface area contributed by atoms with Crippen LogP contribution in [0.3, 0.4) is 0 Å². The molecule has 9 aromatic rings. The standard InChI is InChI=1S/C30H33F2N7O2.C25H31N5O2.C5H5BrF2N2/c1-6-41-29-24(8-7-13-33-29)25-14-26(28-27(35-25)20(4)36-39(28)19(2)3)37(16-21-9-11-23(40-5)12-10-21)17-22-15-34-38(18-22)30(31)32;1-6-32-25-20(8-7-13-27-25)21-14-22(24(29-16(2)3)23(30-21)17(4)26)28-15-18-9-11-19(31-5)12-10-18;6-1-4-2-9-10(3-4)5(7)8/h7-15,18-19,30H,6,16-17H2,1-5H3;7-14,16,26,29H,6,15H2,1-5H3,(H,28,30);2-3,5H,1H2. The molecule has 83 heavy (non-hydrogen) atoms. The van der Waals surface area contributed by atoms with Crippen LogP contribution in [0.4, 0.5) is 34.6 Å². The lowest BCUT2D eigenvalue weighted by atomic mass is 10.1. The van der Waals surface area contributed by atoms with E-state index in [-0.39, 0.29) is 12.1 Å². The quantitative estimate of drug-likeness (QED) is 0.0311. The van der Waals surface area contributed by atoms with Crippen molar-refractivity contribution in [2.75, 3.05) is 43.0 Å². The Morgan fingerprint density at radius 2 is 1.24 bits per heavy atom. The smallest absolute Gasteiger partial charge is 0.333 e. The van der Waals surface area contributed by atoms with Gasteiger partial charge in [0.2, 0.25) is 11.8 Å². The first kappa shape index (κ1) is 62.0. The summed E-state index contributed by atoms with van der Waals surface area (Å²) in [6.07, 6.45) is 8.96. The Bertz CT molecular complexity index is 3540. The van der Waals surface area contributed by atoms with Crippen molar-refractivity contribution in [1.82, 2.24) is 49.3 Å². The summed E-state index contributed by atoms with van der Waals surface area (Å²) >= 11 is 3.12. The van der Waals surface area contributed by atoms with E-state index in [4.69, 9.17) is 39.4 Å². The van der Waals surface area contributed by atoms with E-state index >= 15 is 0 Å². The van der Waals surface area contributed by atoms with Gasteiger partial charge in [-0.1, -0.05) is 40.2 Å². The lowest BCUT2D eigenvalue weighted by molar-refractivity contribution is 0.0561. The number of hydrogen-bond donors (Lipinski definition) is 3. The Morgan fingerprint density at radius 3 is 1.72 bits per heavy atom. The van der Waals surface area contributed by atoms with Crippen molar-refractivity contribution >= 4 is 49.7 Å². The molecule has 0 spiro atoms. The van der Waals surface area contributed by atoms with E-state index in [0.717, 1.165) is 73.1 Å². The predicted molar refractivity (Wildman–Crippen MR) is 320 cm³/mol. The molecule has 2 aromatic carbocycles. The maximum absolute atomic E-state index is 13.4. The Hall–Kier alpha value is -8.60. The highest BCUT2D eigenvalue weighted by atomic mass is 79.9. The maximum atomic E-state index is 13.4. The zero-order valence-corrected chi connectivity index (χ0v) is 49.6. The predicted octanol–water partition coefficient (Wildman–Crippen LogP) is 14.1. The van der Waals surface area contributed by atoms with Gasteiger partial charge >= 0.3 is 13.1 Å². The molecule has 0 saturated carbocycles. The van der Waals surface area contributed by atoms with Gasteiger partial charge in [-0.25, -0.2) is 29.3 Å². The molecule has 0 fully saturated rings. The number of aromatic nitrogens is 10. The molecule has 438 valence electrons. The van der Waals surface area contributed by atoms with Crippen LogP contribution < -0.4 is 34.5 Å². The van der Waals surface area contributed by atoms with Gasteiger partial charge in [0.1, 0.15) is 28.2 Å². The Morgan fingerprint density at radius 1 is 0.711 bits per heavy atom. The number of aryl methyl sites for hydroxylation is 1. The van der Waals surface area contributed by atoms with Gasteiger partial charge in [-0.2, -0.15) is 32.9 Å². The summed E-state index contributed by atoms with van der Waals surface area (Å²) in [4.78, 5) is 20.8. The fourth-order valence-corrected chi connectivity index (χ4v) is 8.97. The third-order valence-corrected chi connectivity index (χ3v) is 13.2. The average molecular weight is 1210 g/mol. The fraction of sp³-hybridized carbons (Fsp3) is 0.333. The van der Waals surface area contributed by atoms with Gasteiger partial charge in [0.15, 0.2) is 0 Å². The van der Waals surface area contributed by atoms with E-state index in [1.807, 2.05) is 110 Å². The Labute approximate surface area is 488 Å². The largest absolute Gasteiger partial charge is 0.497 e. The van der Waals surface area contributed by atoms with Crippen LogP contribution in [0.5, 0.6) is 23.3 Å². The molecule has 0 unspecified atom stereocenters. The highest BCUT2D eigenvalue weighted by Crippen LogP contribution is 2.39. The first-order valence-electron chi connectivity index (χ1n) is 26.8. The van der Waals surface area contributed by atoms with Gasteiger partial charge in [0, 0.05) is 73.0 Å². The number of methoxy groups -OCH3 is 2. The second-order valence-corrected chi connectivity index (χ2v) is 19.9. The number of ether oxygens (including phenoxy) is 4. The minimum Gasteiger partial charge on any atom is -0.497 e. The van der Waals surface area contributed by atoms with Crippen molar-refractivity contribution < 1.29 is 36.5 Å². The number of rotatable bonds is 23. The molecule has 0 aliphatic carbocycles. The SMILES string of the molecule is CCOc1ncccc1-c1cc(N(Cc2ccc(OC)cc2)Cc2cnn(C(F)F)c2)c2c(n1)c(C)nn2C(C)C.CCOc1ncccc1-c1cc(NCc2ccc(OC)cc2)c(NC(C)C)c(C(C)=N)n1.FC(F)n1cc(CBr)cn1. The first-order valence-corrected chi connectivity index (χ1v) is 27.9. The monoisotopic (exact) mass is 1200 g/mol. The van der Waals surface area contributed by atoms with Crippen LogP contribution in [0.25, 0.3) is 33.5 Å². The van der Waals surface area contributed by atoms with Crippen LogP contribution in [0, 0.1) is 12.3 Å². The number of nitrogens with one attached hydrogen (secondary N) is 3. The maximum Gasteiger partial charge on any atom is 0.333 e. The molecule has 7 heterocycles. The second kappa shape index (κ2) is 29.4. The average Bonchev–Trinajstić information content (AvgIpc) is 3.12. The second-order valence-electron chi connectivity index (χ2n) is 19.4. The molecular formula is C60H69BrF4N14O4. The van der Waals surface area contributed by atoms with Crippen LogP contribution in [-0.2, 0) is 25.0 Å². The first-order chi connectivity index (χ1) is 39.9. The normalized spacial score (nSPS) is 11.1. The van der Waals surface area contributed by atoms with Gasteiger partial charge in [0.25, 0.3) is 0 Å². The van der Waals surface area contributed by atoms with Crippen LogP contribution in [0.2, 0.25) is 0 Å². The third kappa shape index (κ3) is 16.1. The summed E-state index contributed by atoms with van der Waals surface area (Å²) in [6.45, 7) is 12.9. The molecule has 9 rings (SSSR count). The van der Waals surface area contributed by atoms with Crippen molar-refractivity contribution in [3.63, 3.8) is 0 Å². The van der Waals surface area contributed by atoms with Gasteiger partial charge < -0.3 is 39.9 Å². The number of anilines is 3. The number of pyridine rings is 4. The molecule has 0 radical (unpaired) electrons. The molecule has 0 saturated heterocycles. The molecule has 0 aliphatic heterocycles. The van der Waals surface area contributed by atoms with Crippen molar-refractivity contribution in [2.45, 2.75) is 106 Å². The number of alkyl halides is 5. The molecule has 23 heteroatoms. The molecule has 18 nitrogen and oxygen atoms in total. The van der Waals surface area contributed by atoms with Crippen LogP contribution in [0.1, 0.15) is 101 Å². The lowest BCUT2D eigenvalue weighted by Gasteiger charge is -2.27. The summed E-state index contributed by atoms with van der Waals surface area (Å²) in [5.74, 6) is 2.59. The number of nitrogens with zero attached hydrogens (tertiary/aromatic N) is 11. The molecule has 0 atom stereocenters. The topological polar surface area (TPSA) is 193 Å². The number of benzene rings is 2. The van der Waals surface area contributed by atoms with E-state index < -0.39 is 13.1 Å². The fourth-order valence-electron chi connectivity index (χ4n) is 8.68. The zero-order chi connectivity index (χ0) is 59.7. The van der Waals surface area contributed by atoms with Crippen molar-refractivity contribution in [1.29, 1.82) is 5.41 Å². The molecule has 7 aromatic heterocycles. The molecular weight excluding hydrogens is 1140 g/mol. The summed E-state index contributed by atoms with van der Waals surface area (Å²) in [6, 6.07) is 27.5. The summed E-state index contributed by atoms with van der Waals surface area (Å²) < 4.78 is 75.8. The molecule has 3 N–H and O–H groups in total.